The highest BCUT2D eigenvalue weighted by molar-refractivity contribution is 5.56. The van der Waals surface area contributed by atoms with Crippen LogP contribution in [0.4, 0.5) is 0 Å². The second kappa shape index (κ2) is 16.8. The zero-order chi connectivity index (χ0) is 33.7. The predicted molar refractivity (Wildman–Crippen MR) is 135 cm³/mol. The number of carbonyl (C=O) groups excluding carboxylic acids is 1. The SMILES string of the molecule is O=C[C@H](O)[C@H](O)[C@H](O[C@H]1O[C@H](CO)[C@@H](O[C@H]2O[C@@H](CO)[C@@H](O[C@H]3O[C@H](CO)[C@@H](O)[C@H](O)[C@H]3O)[C@H](O)[C@@H]2O)[C@H](O)[C@@H]1O)[C@H](O)CO. The monoisotopic (exact) mass is 666 g/mol. The van der Waals surface area contributed by atoms with Crippen LogP contribution in [0.2, 0.25) is 0 Å². The average Bonchev–Trinajstić information content (AvgIpc) is 3.04. The van der Waals surface area contributed by atoms with Crippen molar-refractivity contribution in [2.24, 2.45) is 0 Å². The van der Waals surface area contributed by atoms with Crippen LogP contribution in [0, 0.1) is 0 Å². The molecule has 0 unspecified atom stereocenters. The summed E-state index contributed by atoms with van der Waals surface area (Å²) in [4.78, 5) is 10.9. The summed E-state index contributed by atoms with van der Waals surface area (Å²) < 4.78 is 32.3. The zero-order valence-corrected chi connectivity index (χ0v) is 23.5. The Hall–Kier alpha value is -1.13. The molecule has 21 nitrogen and oxygen atoms in total. The van der Waals surface area contributed by atoms with Gasteiger partial charge in [-0.05, 0) is 0 Å². The lowest BCUT2D eigenvalue weighted by Gasteiger charge is -2.48. The Morgan fingerprint density at radius 1 is 0.578 bits per heavy atom. The van der Waals surface area contributed by atoms with Gasteiger partial charge < -0.3 is 105 Å². The van der Waals surface area contributed by atoms with E-state index in [1.54, 1.807) is 0 Å². The Bertz CT molecular complexity index is 895. The molecule has 3 aliphatic rings. The maximum absolute atomic E-state index is 10.9. The first kappa shape index (κ1) is 38.3. The van der Waals surface area contributed by atoms with Crippen LogP contribution in [0.1, 0.15) is 0 Å². The van der Waals surface area contributed by atoms with Crippen molar-refractivity contribution in [3.63, 3.8) is 0 Å². The van der Waals surface area contributed by atoms with Crippen LogP contribution in [-0.2, 0) is 33.2 Å². The third-order valence-electron chi connectivity index (χ3n) is 7.76. The second-order valence-corrected chi connectivity index (χ2v) is 10.8. The summed E-state index contributed by atoms with van der Waals surface area (Å²) in [5, 5.41) is 141. The molecule has 3 heterocycles. The number of hydrogen-bond acceptors (Lipinski definition) is 21. The minimum absolute atomic E-state index is 0.0957. The van der Waals surface area contributed by atoms with Gasteiger partial charge in [0.25, 0.3) is 0 Å². The van der Waals surface area contributed by atoms with Crippen molar-refractivity contribution < 1.29 is 105 Å². The van der Waals surface area contributed by atoms with E-state index in [1.807, 2.05) is 0 Å². The number of ether oxygens (including phenoxy) is 6. The quantitative estimate of drug-likeness (QED) is 0.0765. The zero-order valence-electron chi connectivity index (χ0n) is 23.5. The van der Waals surface area contributed by atoms with Crippen LogP contribution < -0.4 is 0 Å². The van der Waals surface area contributed by atoms with Crippen molar-refractivity contribution in [2.75, 3.05) is 26.4 Å². The fraction of sp³-hybridized carbons (Fsp3) is 0.958. The Morgan fingerprint density at radius 3 is 1.44 bits per heavy atom. The highest BCUT2D eigenvalue weighted by Crippen LogP contribution is 2.33. The lowest BCUT2D eigenvalue weighted by molar-refractivity contribution is -0.383. The summed E-state index contributed by atoms with van der Waals surface area (Å²) in [6.45, 7) is -3.71. The van der Waals surface area contributed by atoms with E-state index in [-0.39, 0.29) is 6.29 Å². The number of hydrogen-bond donors (Lipinski definition) is 14. The van der Waals surface area contributed by atoms with Crippen molar-refractivity contribution >= 4 is 6.29 Å². The van der Waals surface area contributed by atoms with Gasteiger partial charge in [0.15, 0.2) is 25.2 Å². The molecule has 0 radical (unpaired) electrons. The molecular formula is C24H42O21. The lowest BCUT2D eigenvalue weighted by Crippen LogP contribution is -2.67. The molecule has 0 spiro atoms. The van der Waals surface area contributed by atoms with E-state index in [2.05, 4.69) is 0 Å². The maximum Gasteiger partial charge on any atom is 0.187 e. The van der Waals surface area contributed by atoms with E-state index in [9.17, 15) is 76.3 Å². The van der Waals surface area contributed by atoms with E-state index in [0.29, 0.717) is 0 Å². The van der Waals surface area contributed by atoms with Gasteiger partial charge in [-0.2, -0.15) is 0 Å². The van der Waals surface area contributed by atoms with Crippen molar-refractivity contribution in [2.45, 2.75) is 117 Å². The van der Waals surface area contributed by atoms with Gasteiger partial charge in [0, 0.05) is 0 Å². The Morgan fingerprint density at radius 2 is 1.00 bits per heavy atom. The van der Waals surface area contributed by atoms with Gasteiger partial charge >= 0.3 is 0 Å². The van der Waals surface area contributed by atoms with E-state index >= 15 is 0 Å². The Labute approximate surface area is 254 Å². The largest absolute Gasteiger partial charge is 0.394 e. The molecule has 19 atom stereocenters. The minimum atomic E-state index is -2.14. The molecule has 0 aromatic rings. The topological polar surface area (TPSA) is 356 Å². The van der Waals surface area contributed by atoms with Gasteiger partial charge in [-0.25, -0.2) is 0 Å². The minimum Gasteiger partial charge on any atom is -0.394 e. The molecule has 3 rings (SSSR count). The number of aliphatic hydroxyl groups excluding tert-OH is 14. The van der Waals surface area contributed by atoms with Crippen molar-refractivity contribution in [3.8, 4) is 0 Å². The van der Waals surface area contributed by atoms with Gasteiger partial charge in [0.05, 0.1) is 26.4 Å². The van der Waals surface area contributed by atoms with Crippen molar-refractivity contribution in [3.05, 3.63) is 0 Å². The van der Waals surface area contributed by atoms with Crippen LogP contribution in [0.25, 0.3) is 0 Å². The summed E-state index contributed by atoms with van der Waals surface area (Å²) in [5.41, 5.74) is 0. The summed E-state index contributed by atoms with van der Waals surface area (Å²) >= 11 is 0. The van der Waals surface area contributed by atoms with Crippen LogP contribution in [0.3, 0.4) is 0 Å². The van der Waals surface area contributed by atoms with E-state index < -0.39 is 143 Å². The highest BCUT2D eigenvalue weighted by atomic mass is 16.8. The van der Waals surface area contributed by atoms with Gasteiger partial charge in [0.1, 0.15) is 97.7 Å². The highest BCUT2D eigenvalue weighted by Gasteiger charge is 2.54. The van der Waals surface area contributed by atoms with Crippen LogP contribution >= 0.6 is 0 Å². The molecule has 45 heavy (non-hydrogen) atoms. The molecule has 3 saturated heterocycles. The summed E-state index contributed by atoms with van der Waals surface area (Å²) in [6, 6.07) is 0. The number of carbonyl (C=O) groups is 1. The normalized spacial score (nSPS) is 45.4. The molecule has 0 aromatic carbocycles. The second-order valence-electron chi connectivity index (χ2n) is 10.8. The fourth-order valence-corrected chi connectivity index (χ4v) is 5.09. The number of aliphatic hydroxyl groups is 14. The Balaban J connectivity index is 1.72. The van der Waals surface area contributed by atoms with Gasteiger partial charge in [-0.15, -0.1) is 0 Å². The first-order valence-electron chi connectivity index (χ1n) is 13.9. The molecule has 0 saturated carbocycles. The smallest absolute Gasteiger partial charge is 0.187 e. The molecule has 0 aromatic heterocycles. The lowest BCUT2D eigenvalue weighted by atomic mass is 9.96. The van der Waals surface area contributed by atoms with Crippen molar-refractivity contribution in [1.82, 2.24) is 0 Å². The van der Waals surface area contributed by atoms with Crippen LogP contribution in [-0.4, -0.2) is 221 Å². The molecule has 264 valence electrons. The molecule has 14 N–H and O–H groups in total. The van der Waals surface area contributed by atoms with E-state index in [4.69, 9.17) is 28.4 Å². The molecule has 0 aliphatic carbocycles. The average molecular weight is 667 g/mol. The standard InChI is InChI=1S/C24H42O21/c25-1-6(30)11(32)19(7(31)2-26)43-23-17(38)14(35)21(9(4-28)41-23)45-24-18(39)15(36)20(10(5-29)42-24)44-22-16(37)13(34)12(33)8(3-27)40-22/h1,6-24,26-39H,2-5H2/t6-,7+,8+,9+,10-,11-,12+,13-,14+,15+,16+,17-,18-,19+,20+,21+,22+,23+,24+/m0/s1. The van der Waals surface area contributed by atoms with Crippen molar-refractivity contribution in [1.29, 1.82) is 0 Å². The van der Waals surface area contributed by atoms with Crippen LogP contribution in [0.15, 0.2) is 0 Å². The number of aldehydes is 1. The maximum atomic E-state index is 10.9. The first-order valence-corrected chi connectivity index (χ1v) is 13.9. The summed E-state index contributed by atoms with van der Waals surface area (Å²) in [7, 11) is 0. The molecule has 3 fully saturated rings. The first-order chi connectivity index (χ1) is 21.2. The predicted octanol–water partition coefficient (Wildman–Crippen LogP) is -9.91. The Kier molecular flexibility index (Phi) is 14.3. The third kappa shape index (κ3) is 8.30. The molecule has 3 aliphatic heterocycles. The van der Waals surface area contributed by atoms with Gasteiger partial charge in [0.2, 0.25) is 0 Å². The van der Waals surface area contributed by atoms with Gasteiger partial charge in [-0.3, -0.25) is 0 Å². The summed E-state index contributed by atoms with van der Waals surface area (Å²) in [6.07, 6.45) is -35.6. The molecule has 0 bridgehead atoms. The molecule has 21 heteroatoms. The van der Waals surface area contributed by atoms with Gasteiger partial charge in [-0.1, -0.05) is 0 Å². The molecular weight excluding hydrogens is 624 g/mol. The fourth-order valence-electron chi connectivity index (χ4n) is 5.09. The summed E-state index contributed by atoms with van der Waals surface area (Å²) in [5.74, 6) is 0. The van der Waals surface area contributed by atoms with E-state index in [0.717, 1.165) is 0 Å². The molecule has 0 amide bonds. The van der Waals surface area contributed by atoms with E-state index in [1.165, 1.54) is 0 Å². The third-order valence-corrected chi connectivity index (χ3v) is 7.76. The van der Waals surface area contributed by atoms with Crippen LogP contribution in [0.5, 0.6) is 0 Å². The number of rotatable bonds is 14.